The molecule has 10 aromatic carbocycles. The molecule has 0 aliphatic carbocycles. The third kappa shape index (κ3) is 48.3. The van der Waals surface area contributed by atoms with Gasteiger partial charge in [-0.2, -0.15) is 0 Å². The second kappa shape index (κ2) is 62.4. The van der Waals surface area contributed by atoms with Crippen molar-refractivity contribution in [3.63, 3.8) is 0 Å². The normalized spacial score (nSPS) is 9.71. The van der Waals surface area contributed by atoms with Gasteiger partial charge < -0.3 is 49.8 Å². The summed E-state index contributed by atoms with van der Waals surface area (Å²) in [6.07, 6.45) is 7.49. The van der Waals surface area contributed by atoms with Gasteiger partial charge in [-0.25, -0.2) is 0 Å². The Kier molecular flexibility index (Phi) is 58.4. The van der Waals surface area contributed by atoms with Gasteiger partial charge >= 0.3 is 0 Å². The maximum atomic E-state index is 3.48. The molecule has 0 bridgehead atoms. The van der Waals surface area contributed by atoms with E-state index in [1.807, 2.05) is 194 Å². The maximum absolute atomic E-state index is 3.48. The van der Waals surface area contributed by atoms with Crippen LogP contribution in [0.3, 0.4) is 0 Å². The molecule has 0 atom stereocenters. The molecule has 0 unspecified atom stereocenters. The largest absolute Gasteiger partial charge is 0.388 e. The summed E-state index contributed by atoms with van der Waals surface area (Å²) in [6, 6.07) is 82.8. The quantitative estimate of drug-likeness (QED) is 0.0686. The lowest BCUT2D eigenvalue weighted by Gasteiger charge is -2.24. The van der Waals surface area contributed by atoms with Crippen molar-refractivity contribution < 1.29 is 0 Å². The molecule has 110 heavy (non-hydrogen) atoms. The van der Waals surface area contributed by atoms with E-state index in [2.05, 4.69) is 384 Å². The van der Waals surface area contributed by atoms with Crippen molar-refractivity contribution in [1.82, 2.24) is 0 Å². The average molecular weight is 2140 g/mol. The van der Waals surface area contributed by atoms with E-state index in [0.717, 1.165) is 82.3 Å². The van der Waals surface area contributed by atoms with Crippen molar-refractivity contribution in [2.75, 3.05) is 174 Å². The SMILES string of the molecule is CCCCN(CCCC)c1ccc(Br)cc1.CCCN(CCC)c1ccc(Br)cc1.CCN(CC)c1ccc(Br)cc1.CN(C)c1ccc(Br)cc1.CN(C)c1ccc(Br)cc1.CN(C)c1ccc(Br)cc1.CN(C)c1ccc(Br)cc1.CN(C)c1ccc(Br)cc1.CNc1ccc(Br)cc1.CNc1ccc(Br)cc1. The van der Waals surface area contributed by atoms with Crippen LogP contribution < -0.4 is 49.8 Å². The fourth-order valence-electron chi connectivity index (χ4n) is 9.45. The molecule has 0 radical (unpaired) electrons. The first-order valence-corrected chi connectivity index (χ1v) is 44.9. The van der Waals surface area contributed by atoms with E-state index < -0.39 is 0 Å². The molecule has 10 rings (SSSR count). The van der Waals surface area contributed by atoms with Crippen LogP contribution in [0.15, 0.2) is 287 Å². The van der Waals surface area contributed by atoms with E-state index >= 15 is 0 Å². The van der Waals surface area contributed by atoms with Crippen LogP contribution in [-0.4, -0.2) is 124 Å². The van der Waals surface area contributed by atoms with Gasteiger partial charge in [0.25, 0.3) is 0 Å². The zero-order chi connectivity index (χ0) is 82.3. The van der Waals surface area contributed by atoms with Crippen molar-refractivity contribution in [2.45, 2.75) is 80.1 Å². The monoisotopic (exact) mass is 2130 g/mol. The summed E-state index contributed by atoms with van der Waals surface area (Å²) in [5, 5.41) is 6.07. The zero-order valence-corrected chi connectivity index (χ0v) is 83.8. The molecule has 0 saturated carbocycles. The summed E-state index contributed by atoms with van der Waals surface area (Å²) in [5.41, 5.74) is 12.4. The third-order valence-electron chi connectivity index (χ3n) is 15.9. The Labute approximate surface area is 749 Å². The molecule has 0 aromatic heterocycles. The highest BCUT2D eigenvalue weighted by Crippen LogP contribution is 2.25. The van der Waals surface area contributed by atoms with Gasteiger partial charge in [0, 0.05) is 225 Å². The second-order valence-electron chi connectivity index (χ2n) is 25.7. The molecular formula is C90H120Br10N10. The lowest BCUT2D eigenvalue weighted by atomic mass is 10.2. The van der Waals surface area contributed by atoms with Crippen LogP contribution >= 0.6 is 159 Å². The summed E-state index contributed by atoms with van der Waals surface area (Å²) >= 11 is 33.9. The zero-order valence-electron chi connectivity index (χ0n) is 67.9. The molecule has 2 N–H and O–H groups in total. The molecule has 0 saturated heterocycles. The number of nitrogens with one attached hydrogen (secondary N) is 2. The molecule has 0 aliphatic heterocycles. The Balaban J connectivity index is 0.000000614. The lowest BCUT2D eigenvalue weighted by Crippen LogP contribution is -2.25. The van der Waals surface area contributed by atoms with Gasteiger partial charge in [-0.05, 0) is 282 Å². The number of anilines is 10. The van der Waals surface area contributed by atoms with E-state index in [1.54, 1.807) is 0 Å². The molecule has 0 aliphatic rings. The predicted octanol–water partition coefficient (Wildman–Crippen LogP) is 29.8. The number of unbranched alkanes of at least 4 members (excludes halogenated alkanes) is 2. The molecule has 0 amide bonds. The highest BCUT2D eigenvalue weighted by molar-refractivity contribution is 9.12. The van der Waals surface area contributed by atoms with Gasteiger partial charge in [-0.1, -0.05) is 200 Å². The molecule has 20 heteroatoms. The highest BCUT2D eigenvalue weighted by atomic mass is 79.9. The molecule has 10 nitrogen and oxygen atoms in total. The highest BCUT2D eigenvalue weighted by Gasteiger charge is 2.07. The summed E-state index contributed by atoms with van der Waals surface area (Å²) in [6.45, 7) is 20.1. The molecule has 0 fully saturated rings. The standard InChI is InChI=1S/C14H22BrN.C12H18BrN.C10H14BrN.5C8H10BrN.2C7H8BrN/c1-3-5-11-16(12-6-4-2)14-9-7-13(15)8-10-14;1-3-9-14(10-4-2)12-7-5-11(13)6-8-12;1-3-12(4-2)10-7-5-9(11)6-8-10;5*1-10(2)8-5-3-7(9)4-6-8;2*1-9-7-4-2-6(8)3-5-7/h7-10H,3-6,11-12H2,1-2H3;5-8H,3-4,9-10H2,1-2H3;5-8H,3-4H2,1-2H3;5*3-6H,1-2H3;2*2-5,9H,1H3. The molecule has 0 heterocycles. The van der Waals surface area contributed by atoms with E-state index in [4.69, 9.17) is 0 Å². The average Bonchev–Trinajstić information content (AvgIpc) is 0.949. The van der Waals surface area contributed by atoms with Gasteiger partial charge in [0.15, 0.2) is 0 Å². The van der Waals surface area contributed by atoms with Crippen LogP contribution in [0.2, 0.25) is 0 Å². The Morgan fingerprint density at radius 1 is 0.200 bits per heavy atom. The van der Waals surface area contributed by atoms with Crippen molar-refractivity contribution in [2.24, 2.45) is 0 Å². The first-order valence-electron chi connectivity index (χ1n) is 37.0. The van der Waals surface area contributed by atoms with Crippen molar-refractivity contribution in [3.8, 4) is 0 Å². The first-order chi connectivity index (χ1) is 52.5. The van der Waals surface area contributed by atoms with Crippen LogP contribution in [0.4, 0.5) is 56.9 Å². The van der Waals surface area contributed by atoms with Crippen LogP contribution in [0.25, 0.3) is 0 Å². The fraction of sp³-hybridized carbons (Fsp3) is 0.333. The third-order valence-corrected chi connectivity index (χ3v) is 21.2. The minimum absolute atomic E-state index is 1.07. The number of hydrogen-bond donors (Lipinski definition) is 2. The second-order valence-corrected chi connectivity index (χ2v) is 34.8. The Bertz CT molecular complexity index is 3490. The van der Waals surface area contributed by atoms with Gasteiger partial charge in [0.2, 0.25) is 0 Å². The number of rotatable bonds is 22. The predicted molar refractivity (Wildman–Crippen MR) is 531 cm³/mol. The molecular weight excluding hydrogens is 2020 g/mol. The minimum atomic E-state index is 1.07. The van der Waals surface area contributed by atoms with Crippen LogP contribution in [0.1, 0.15) is 80.1 Å². The summed E-state index contributed by atoms with van der Waals surface area (Å²) in [5.74, 6) is 0. The summed E-state index contributed by atoms with van der Waals surface area (Å²) < 4.78 is 11.3. The summed E-state index contributed by atoms with van der Waals surface area (Å²) in [4.78, 5) is 17.6. The molecule has 10 aromatic rings. The van der Waals surface area contributed by atoms with Gasteiger partial charge in [-0.3, -0.25) is 0 Å². The number of nitrogens with zero attached hydrogens (tertiary/aromatic N) is 8. The molecule has 0 spiro atoms. The smallest absolute Gasteiger partial charge is 0.0366 e. The maximum Gasteiger partial charge on any atom is 0.0366 e. The van der Waals surface area contributed by atoms with E-state index in [0.29, 0.717) is 0 Å². The van der Waals surface area contributed by atoms with Crippen molar-refractivity contribution in [1.29, 1.82) is 0 Å². The Morgan fingerprint density at radius 3 is 0.500 bits per heavy atom. The first kappa shape index (κ1) is 103. The van der Waals surface area contributed by atoms with Crippen molar-refractivity contribution >= 4 is 216 Å². The van der Waals surface area contributed by atoms with E-state index in [9.17, 15) is 0 Å². The Hall–Kier alpha value is -5.00. The fourth-order valence-corrected chi connectivity index (χ4v) is 12.1. The van der Waals surface area contributed by atoms with E-state index in [-0.39, 0.29) is 0 Å². The van der Waals surface area contributed by atoms with Gasteiger partial charge in [0.05, 0.1) is 0 Å². The molecule has 600 valence electrons. The minimum Gasteiger partial charge on any atom is -0.388 e. The van der Waals surface area contributed by atoms with Gasteiger partial charge in [-0.15, -0.1) is 0 Å². The summed E-state index contributed by atoms with van der Waals surface area (Å²) in [7, 11) is 24.1. The number of benzene rings is 10. The van der Waals surface area contributed by atoms with Crippen LogP contribution in [-0.2, 0) is 0 Å². The van der Waals surface area contributed by atoms with Gasteiger partial charge in [0.1, 0.15) is 0 Å². The van der Waals surface area contributed by atoms with Crippen LogP contribution in [0.5, 0.6) is 0 Å². The number of hydrogen-bond acceptors (Lipinski definition) is 10. The van der Waals surface area contributed by atoms with Crippen LogP contribution in [0, 0.1) is 0 Å². The Morgan fingerprint density at radius 2 is 0.355 bits per heavy atom. The van der Waals surface area contributed by atoms with Crippen molar-refractivity contribution in [3.05, 3.63) is 287 Å². The number of halogens is 10. The van der Waals surface area contributed by atoms with E-state index in [1.165, 1.54) is 97.1 Å². The lowest BCUT2D eigenvalue weighted by molar-refractivity contribution is 0.678. The topological polar surface area (TPSA) is 50.0 Å².